The van der Waals surface area contributed by atoms with E-state index in [1.807, 2.05) is 6.07 Å². The zero-order valence-corrected chi connectivity index (χ0v) is 10.8. The molecule has 20 heavy (non-hydrogen) atoms. The summed E-state index contributed by atoms with van der Waals surface area (Å²) in [5.74, 6) is -0.618. The van der Waals surface area contributed by atoms with Crippen molar-refractivity contribution in [3.05, 3.63) is 59.2 Å². The Morgan fingerprint density at radius 2 is 2.20 bits per heavy atom. The van der Waals surface area contributed by atoms with Crippen molar-refractivity contribution >= 4 is 5.78 Å². The largest absolute Gasteiger partial charge is 0.489 e. The molecule has 0 unspecified atom stereocenters. The molecule has 0 fully saturated rings. The van der Waals surface area contributed by atoms with Gasteiger partial charge in [0.05, 0.1) is 5.56 Å². The average Bonchev–Trinajstić information content (AvgIpc) is 2.45. The lowest BCUT2D eigenvalue weighted by Gasteiger charge is -2.07. The topological polar surface area (TPSA) is 63.0 Å². The second-order valence-corrected chi connectivity index (χ2v) is 4.15. The summed E-state index contributed by atoms with van der Waals surface area (Å²) in [6.07, 6.45) is 1.51. The first-order chi connectivity index (χ1) is 9.60. The Balaban J connectivity index is 2.09. The number of hydrogen-bond donors (Lipinski definition) is 0. The van der Waals surface area contributed by atoms with E-state index in [-0.39, 0.29) is 18.0 Å². The molecular weight excluding hydrogens is 259 g/mol. The molecule has 0 N–H and O–H groups in total. The molecule has 0 aliphatic carbocycles. The molecule has 4 nitrogen and oxygen atoms in total. The molecule has 0 aliphatic rings. The Bertz CT molecular complexity index is 693. The van der Waals surface area contributed by atoms with Gasteiger partial charge in [-0.2, -0.15) is 5.26 Å². The zero-order chi connectivity index (χ0) is 14.5. The lowest BCUT2D eigenvalue weighted by atomic mass is 10.1. The molecule has 2 aromatic rings. The molecule has 1 heterocycles. The standard InChI is InChI=1S/C15H11FN2O2/c1-10(19)14-3-2-13(7-15(14)16)20-9-11-4-5-18-12(6-11)8-17/h2-7H,9H2,1H3. The van der Waals surface area contributed by atoms with Gasteiger partial charge in [-0.1, -0.05) is 0 Å². The molecule has 0 atom stereocenters. The smallest absolute Gasteiger partial charge is 0.162 e. The predicted molar refractivity (Wildman–Crippen MR) is 69.7 cm³/mol. The molecule has 100 valence electrons. The van der Waals surface area contributed by atoms with Crippen LogP contribution in [0.5, 0.6) is 5.75 Å². The molecule has 1 aromatic carbocycles. The molecule has 0 saturated heterocycles. The Labute approximate surface area is 115 Å². The maximum absolute atomic E-state index is 13.6. The maximum atomic E-state index is 13.6. The summed E-state index contributed by atoms with van der Waals surface area (Å²) in [5, 5.41) is 8.73. The normalized spacial score (nSPS) is 9.85. The van der Waals surface area contributed by atoms with Crippen LogP contribution in [0.25, 0.3) is 0 Å². The average molecular weight is 270 g/mol. The molecule has 0 amide bonds. The Kier molecular flexibility index (Phi) is 4.06. The molecule has 2 rings (SSSR count). The van der Waals surface area contributed by atoms with Gasteiger partial charge in [-0.15, -0.1) is 0 Å². The lowest BCUT2D eigenvalue weighted by molar-refractivity contribution is 0.101. The summed E-state index contributed by atoms with van der Waals surface area (Å²) in [5.41, 5.74) is 1.09. The lowest BCUT2D eigenvalue weighted by Crippen LogP contribution is -2.00. The van der Waals surface area contributed by atoms with Crippen molar-refractivity contribution in [1.82, 2.24) is 4.98 Å². The Hall–Kier alpha value is -2.74. The number of benzene rings is 1. The molecular formula is C15H11FN2O2. The van der Waals surface area contributed by atoms with E-state index in [1.54, 1.807) is 12.1 Å². The number of rotatable bonds is 4. The van der Waals surface area contributed by atoms with Crippen LogP contribution in [0.3, 0.4) is 0 Å². The summed E-state index contributed by atoms with van der Waals surface area (Å²) in [6, 6.07) is 9.33. The fourth-order valence-electron chi connectivity index (χ4n) is 1.66. The van der Waals surface area contributed by atoms with Crippen LogP contribution in [0.1, 0.15) is 28.5 Å². The van der Waals surface area contributed by atoms with E-state index in [4.69, 9.17) is 10.00 Å². The minimum absolute atomic E-state index is 0.0352. The Morgan fingerprint density at radius 3 is 2.85 bits per heavy atom. The summed E-state index contributed by atoms with van der Waals surface area (Å²) < 4.78 is 19.0. The number of aromatic nitrogens is 1. The number of ether oxygens (including phenoxy) is 1. The van der Waals surface area contributed by atoms with Crippen molar-refractivity contribution in [2.75, 3.05) is 0 Å². The van der Waals surface area contributed by atoms with Gasteiger partial charge in [-0.3, -0.25) is 4.79 Å². The van der Waals surface area contributed by atoms with Gasteiger partial charge in [0.1, 0.15) is 29.9 Å². The van der Waals surface area contributed by atoms with E-state index in [2.05, 4.69) is 4.98 Å². The highest BCUT2D eigenvalue weighted by molar-refractivity contribution is 5.94. The first kappa shape index (κ1) is 13.7. The quantitative estimate of drug-likeness (QED) is 0.801. The minimum atomic E-state index is -0.609. The van der Waals surface area contributed by atoms with E-state index in [9.17, 15) is 9.18 Å². The first-order valence-corrected chi connectivity index (χ1v) is 5.88. The number of ketones is 1. The van der Waals surface area contributed by atoms with Gasteiger partial charge >= 0.3 is 0 Å². The third-order valence-electron chi connectivity index (χ3n) is 2.66. The molecule has 0 aliphatic heterocycles. The summed E-state index contributed by atoms with van der Waals surface area (Å²) in [6.45, 7) is 1.50. The van der Waals surface area contributed by atoms with Crippen LogP contribution >= 0.6 is 0 Å². The van der Waals surface area contributed by atoms with Crippen LogP contribution in [-0.2, 0) is 6.61 Å². The Morgan fingerprint density at radius 1 is 1.40 bits per heavy atom. The van der Waals surface area contributed by atoms with Crippen LogP contribution in [0, 0.1) is 17.1 Å². The van der Waals surface area contributed by atoms with Crippen molar-refractivity contribution in [1.29, 1.82) is 5.26 Å². The fourth-order valence-corrected chi connectivity index (χ4v) is 1.66. The minimum Gasteiger partial charge on any atom is -0.489 e. The van der Waals surface area contributed by atoms with Gasteiger partial charge in [0, 0.05) is 12.3 Å². The summed E-state index contributed by atoms with van der Waals surface area (Å²) >= 11 is 0. The van der Waals surface area contributed by atoms with E-state index in [0.717, 1.165) is 5.56 Å². The number of halogens is 1. The monoisotopic (exact) mass is 270 g/mol. The van der Waals surface area contributed by atoms with Crippen molar-refractivity contribution in [2.45, 2.75) is 13.5 Å². The van der Waals surface area contributed by atoms with Crippen LogP contribution in [0.15, 0.2) is 36.5 Å². The first-order valence-electron chi connectivity index (χ1n) is 5.88. The molecule has 0 spiro atoms. The van der Waals surface area contributed by atoms with Crippen LogP contribution in [-0.4, -0.2) is 10.8 Å². The van der Waals surface area contributed by atoms with Gasteiger partial charge < -0.3 is 4.74 Å². The third kappa shape index (κ3) is 3.18. The molecule has 0 bridgehead atoms. The van der Waals surface area contributed by atoms with Crippen LogP contribution < -0.4 is 4.74 Å². The molecule has 5 heteroatoms. The van der Waals surface area contributed by atoms with Crippen molar-refractivity contribution in [3.63, 3.8) is 0 Å². The van der Waals surface area contributed by atoms with Gasteiger partial charge in [0.2, 0.25) is 0 Å². The maximum Gasteiger partial charge on any atom is 0.162 e. The second-order valence-electron chi connectivity index (χ2n) is 4.15. The fraction of sp³-hybridized carbons (Fsp3) is 0.133. The van der Waals surface area contributed by atoms with Gasteiger partial charge in [0.25, 0.3) is 0 Å². The number of carbonyl (C=O) groups excluding carboxylic acids is 1. The van der Waals surface area contributed by atoms with Crippen LogP contribution in [0.4, 0.5) is 4.39 Å². The van der Waals surface area contributed by atoms with Gasteiger partial charge in [-0.25, -0.2) is 9.37 Å². The van der Waals surface area contributed by atoms with Gasteiger partial charge in [-0.05, 0) is 36.8 Å². The number of nitrogens with zero attached hydrogens (tertiary/aromatic N) is 2. The van der Waals surface area contributed by atoms with Crippen molar-refractivity contribution < 1.29 is 13.9 Å². The highest BCUT2D eigenvalue weighted by atomic mass is 19.1. The summed E-state index contributed by atoms with van der Waals surface area (Å²) in [4.78, 5) is 15.0. The predicted octanol–water partition coefficient (Wildman–Crippen LogP) is 2.87. The number of pyridine rings is 1. The number of carbonyl (C=O) groups is 1. The van der Waals surface area contributed by atoms with Gasteiger partial charge in [0.15, 0.2) is 5.78 Å². The summed E-state index contributed by atoms with van der Waals surface area (Å²) in [7, 11) is 0. The number of nitriles is 1. The van der Waals surface area contributed by atoms with Crippen molar-refractivity contribution in [3.8, 4) is 11.8 Å². The SMILES string of the molecule is CC(=O)c1ccc(OCc2ccnc(C#N)c2)cc1F. The highest BCUT2D eigenvalue weighted by Gasteiger charge is 2.08. The molecule has 0 saturated carbocycles. The van der Waals surface area contributed by atoms with Crippen LogP contribution in [0.2, 0.25) is 0 Å². The highest BCUT2D eigenvalue weighted by Crippen LogP contribution is 2.18. The van der Waals surface area contributed by atoms with E-state index in [0.29, 0.717) is 11.4 Å². The van der Waals surface area contributed by atoms with E-state index >= 15 is 0 Å². The van der Waals surface area contributed by atoms with E-state index in [1.165, 1.54) is 31.3 Å². The third-order valence-corrected chi connectivity index (χ3v) is 2.66. The second kappa shape index (κ2) is 5.93. The number of Topliss-reactive ketones (excluding diaryl/α,β-unsaturated/α-hetero) is 1. The van der Waals surface area contributed by atoms with E-state index < -0.39 is 5.82 Å². The number of hydrogen-bond acceptors (Lipinski definition) is 4. The molecule has 1 aromatic heterocycles. The van der Waals surface area contributed by atoms with Crippen molar-refractivity contribution in [2.24, 2.45) is 0 Å². The molecule has 0 radical (unpaired) electrons. The zero-order valence-electron chi connectivity index (χ0n) is 10.8.